The molecule has 6 heteroatoms. The number of carbonyl (C=O) groups excluding carboxylic acids is 2. The zero-order valence-corrected chi connectivity index (χ0v) is 16.5. The molecule has 2 aromatic carbocycles. The van der Waals surface area contributed by atoms with E-state index in [1.165, 1.54) is 24.1 Å². The van der Waals surface area contributed by atoms with E-state index in [9.17, 15) is 14.0 Å². The lowest BCUT2D eigenvalue weighted by Crippen LogP contribution is -2.38. The third kappa shape index (κ3) is 3.50. The molecule has 0 radical (unpaired) electrons. The number of hydrogen-bond acceptors (Lipinski definition) is 4. The lowest BCUT2D eigenvalue weighted by Gasteiger charge is -2.32. The second kappa shape index (κ2) is 7.70. The molecule has 2 aliphatic heterocycles. The monoisotopic (exact) mass is 394 g/mol. The number of halogens is 1. The molecule has 1 fully saturated rings. The van der Waals surface area contributed by atoms with Crippen LogP contribution in [0.1, 0.15) is 25.3 Å². The average molecular weight is 394 g/mol. The average Bonchev–Trinajstić information content (AvgIpc) is 2.99. The van der Waals surface area contributed by atoms with Gasteiger partial charge in [0, 0.05) is 19.2 Å². The van der Waals surface area contributed by atoms with E-state index in [4.69, 9.17) is 4.74 Å². The molecule has 0 spiro atoms. The summed E-state index contributed by atoms with van der Waals surface area (Å²) in [4.78, 5) is 30.0. The van der Waals surface area contributed by atoms with Crippen molar-refractivity contribution >= 4 is 23.1 Å². The SMILES string of the molecule is COc1cccc(N2C(=O)C(c3ccc(F)cc3)=C(N3CCC(C)CC3)C2=O)c1. The van der Waals surface area contributed by atoms with E-state index in [1.807, 2.05) is 4.90 Å². The smallest absolute Gasteiger partial charge is 0.282 e. The van der Waals surface area contributed by atoms with E-state index >= 15 is 0 Å². The molecule has 0 N–H and O–H groups in total. The minimum Gasteiger partial charge on any atom is -0.497 e. The second-order valence-electron chi connectivity index (χ2n) is 7.55. The van der Waals surface area contributed by atoms with Crippen LogP contribution < -0.4 is 9.64 Å². The highest BCUT2D eigenvalue weighted by atomic mass is 19.1. The minimum atomic E-state index is -0.400. The van der Waals surface area contributed by atoms with Crippen LogP contribution in [0.15, 0.2) is 54.2 Å². The van der Waals surface area contributed by atoms with Gasteiger partial charge in [-0.05, 0) is 48.6 Å². The van der Waals surface area contributed by atoms with Crippen LogP contribution in [-0.4, -0.2) is 36.9 Å². The number of ether oxygens (including phenoxy) is 1. The van der Waals surface area contributed by atoms with E-state index in [0.29, 0.717) is 47.3 Å². The van der Waals surface area contributed by atoms with Crippen molar-refractivity contribution in [1.82, 2.24) is 4.90 Å². The first-order valence-corrected chi connectivity index (χ1v) is 9.77. The number of hydrogen-bond donors (Lipinski definition) is 0. The van der Waals surface area contributed by atoms with Crippen molar-refractivity contribution in [2.24, 2.45) is 5.92 Å². The summed E-state index contributed by atoms with van der Waals surface area (Å²) in [7, 11) is 1.54. The fraction of sp³-hybridized carbons (Fsp3) is 0.304. The Labute approximate surface area is 169 Å². The maximum Gasteiger partial charge on any atom is 0.282 e. The molecular weight excluding hydrogens is 371 g/mol. The van der Waals surface area contributed by atoms with Gasteiger partial charge >= 0.3 is 0 Å². The summed E-state index contributed by atoms with van der Waals surface area (Å²) in [5.41, 5.74) is 1.73. The molecule has 0 aromatic heterocycles. The van der Waals surface area contributed by atoms with Crippen LogP contribution in [-0.2, 0) is 9.59 Å². The van der Waals surface area contributed by atoms with Gasteiger partial charge in [0.05, 0.1) is 18.4 Å². The number of rotatable bonds is 4. The molecule has 150 valence electrons. The number of nitrogens with zero attached hydrogens (tertiary/aromatic N) is 2. The van der Waals surface area contributed by atoms with Crippen LogP contribution in [0.3, 0.4) is 0 Å². The maximum atomic E-state index is 13.5. The molecule has 2 aliphatic rings. The van der Waals surface area contributed by atoms with Gasteiger partial charge in [-0.2, -0.15) is 0 Å². The van der Waals surface area contributed by atoms with Gasteiger partial charge in [0.2, 0.25) is 0 Å². The van der Waals surface area contributed by atoms with Gasteiger partial charge in [0.1, 0.15) is 17.3 Å². The Morgan fingerprint density at radius 3 is 2.34 bits per heavy atom. The van der Waals surface area contributed by atoms with E-state index in [2.05, 4.69) is 6.92 Å². The molecule has 2 heterocycles. The number of carbonyl (C=O) groups is 2. The molecule has 1 saturated heterocycles. The number of anilines is 1. The zero-order valence-electron chi connectivity index (χ0n) is 16.5. The van der Waals surface area contributed by atoms with Crippen molar-refractivity contribution in [1.29, 1.82) is 0 Å². The lowest BCUT2D eigenvalue weighted by molar-refractivity contribution is -0.120. The molecule has 0 aliphatic carbocycles. The standard InChI is InChI=1S/C23H23FN2O3/c1-15-10-12-25(13-11-15)21-20(16-6-8-17(24)9-7-16)22(27)26(23(21)28)18-4-3-5-19(14-18)29-2/h3-9,14-15H,10-13H2,1-2H3. The number of imide groups is 1. The number of benzene rings is 2. The van der Waals surface area contributed by atoms with E-state index in [0.717, 1.165) is 12.8 Å². The van der Waals surface area contributed by atoms with Crippen molar-refractivity contribution in [3.8, 4) is 5.75 Å². The molecule has 0 bridgehead atoms. The minimum absolute atomic E-state index is 0.326. The molecule has 2 amide bonds. The number of methoxy groups -OCH3 is 1. The summed E-state index contributed by atoms with van der Waals surface area (Å²) >= 11 is 0. The van der Waals surface area contributed by atoms with Crippen LogP contribution in [0.4, 0.5) is 10.1 Å². The summed E-state index contributed by atoms with van der Waals surface area (Å²) in [5.74, 6) is 0.0132. The van der Waals surface area contributed by atoms with Crippen LogP contribution in [0.2, 0.25) is 0 Å². The topological polar surface area (TPSA) is 49.9 Å². The number of likely N-dealkylation sites (tertiary alicyclic amines) is 1. The summed E-state index contributed by atoms with van der Waals surface area (Å²) < 4.78 is 18.7. The fourth-order valence-electron chi connectivity index (χ4n) is 3.90. The Hall–Kier alpha value is -3.15. The van der Waals surface area contributed by atoms with Gasteiger partial charge in [0.25, 0.3) is 11.8 Å². The third-order valence-corrected chi connectivity index (χ3v) is 5.60. The van der Waals surface area contributed by atoms with E-state index in [-0.39, 0.29) is 11.7 Å². The first-order valence-electron chi connectivity index (χ1n) is 9.77. The Morgan fingerprint density at radius 2 is 1.69 bits per heavy atom. The Morgan fingerprint density at radius 1 is 1.00 bits per heavy atom. The van der Waals surface area contributed by atoms with Crippen LogP contribution >= 0.6 is 0 Å². The van der Waals surface area contributed by atoms with E-state index < -0.39 is 5.91 Å². The highest BCUT2D eigenvalue weighted by Crippen LogP contribution is 2.37. The van der Waals surface area contributed by atoms with Crippen molar-refractivity contribution in [2.75, 3.05) is 25.1 Å². The quantitative estimate of drug-likeness (QED) is 0.739. The molecule has 0 unspecified atom stereocenters. The second-order valence-corrected chi connectivity index (χ2v) is 7.55. The molecule has 4 rings (SSSR count). The molecule has 29 heavy (non-hydrogen) atoms. The molecular formula is C23H23FN2O3. The first-order chi connectivity index (χ1) is 14.0. The summed E-state index contributed by atoms with van der Waals surface area (Å²) in [5, 5.41) is 0. The Bertz CT molecular complexity index is 976. The predicted molar refractivity (Wildman–Crippen MR) is 109 cm³/mol. The van der Waals surface area contributed by atoms with Crippen molar-refractivity contribution < 1.29 is 18.7 Å². The zero-order chi connectivity index (χ0) is 20.5. The Balaban J connectivity index is 1.80. The highest BCUT2D eigenvalue weighted by Gasteiger charge is 2.43. The summed E-state index contributed by atoms with van der Waals surface area (Å²) in [6, 6.07) is 12.6. The van der Waals surface area contributed by atoms with Gasteiger partial charge in [0.15, 0.2) is 0 Å². The van der Waals surface area contributed by atoms with Crippen LogP contribution in [0.5, 0.6) is 5.75 Å². The lowest BCUT2D eigenvalue weighted by atomic mass is 9.97. The largest absolute Gasteiger partial charge is 0.497 e. The predicted octanol–water partition coefficient (Wildman–Crippen LogP) is 3.85. The van der Waals surface area contributed by atoms with Gasteiger partial charge in [-0.3, -0.25) is 9.59 Å². The van der Waals surface area contributed by atoms with Gasteiger partial charge in [-0.15, -0.1) is 0 Å². The molecule has 0 atom stereocenters. The maximum absolute atomic E-state index is 13.5. The normalized spacial score (nSPS) is 18.0. The van der Waals surface area contributed by atoms with Crippen molar-refractivity contribution in [2.45, 2.75) is 19.8 Å². The fourth-order valence-corrected chi connectivity index (χ4v) is 3.90. The molecule has 0 saturated carbocycles. The van der Waals surface area contributed by atoms with Crippen molar-refractivity contribution in [3.05, 3.63) is 65.6 Å². The van der Waals surface area contributed by atoms with Crippen molar-refractivity contribution in [3.63, 3.8) is 0 Å². The number of amides is 2. The van der Waals surface area contributed by atoms with Gasteiger partial charge < -0.3 is 9.64 Å². The third-order valence-electron chi connectivity index (χ3n) is 5.60. The number of piperidine rings is 1. The highest BCUT2D eigenvalue weighted by molar-refractivity contribution is 6.45. The summed E-state index contributed by atoms with van der Waals surface area (Å²) in [6.45, 7) is 3.62. The van der Waals surface area contributed by atoms with E-state index in [1.54, 1.807) is 36.4 Å². The molecule has 5 nitrogen and oxygen atoms in total. The van der Waals surface area contributed by atoms with Crippen LogP contribution in [0.25, 0.3) is 5.57 Å². The molecule has 2 aromatic rings. The van der Waals surface area contributed by atoms with Gasteiger partial charge in [-0.25, -0.2) is 9.29 Å². The summed E-state index contributed by atoms with van der Waals surface area (Å²) in [6.07, 6.45) is 1.92. The Kier molecular flexibility index (Phi) is 5.09. The first kappa shape index (κ1) is 19.2. The van der Waals surface area contributed by atoms with Crippen LogP contribution in [0, 0.1) is 11.7 Å². The van der Waals surface area contributed by atoms with Gasteiger partial charge in [-0.1, -0.05) is 25.1 Å².